The molecule has 0 aliphatic rings. The summed E-state index contributed by atoms with van der Waals surface area (Å²) in [4.78, 5) is 11.8. The zero-order valence-electron chi connectivity index (χ0n) is 15.8. The number of aromatic carboxylic acids is 1. The van der Waals surface area contributed by atoms with E-state index in [2.05, 4.69) is 6.58 Å². The van der Waals surface area contributed by atoms with Crippen LogP contribution in [0.25, 0.3) is 12.2 Å². The Morgan fingerprint density at radius 1 is 1.15 bits per heavy atom. The number of hydrogen-bond donors (Lipinski definition) is 2. The Bertz CT molecular complexity index is 863. The fraction of sp³-hybridized carbons (Fsp3) is 0.227. The molecule has 0 spiro atoms. The summed E-state index contributed by atoms with van der Waals surface area (Å²) in [5.74, 6) is -0.272. The molecule has 2 N–H and O–H groups in total. The minimum absolute atomic E-state index is 0.141. The van der Waals surface area contributed by atoms with E-state index in [4.69, 9.17) is 9.47 Å². The van der Waals surface area contributed by atoms with Gasteiger partial charge in [-0.3, -0.25) is 0 Å². The monoisotopic (exact) mass is 368 g/mol. The molecule has 2 aromatic rings. The van der Waals surface area contributed by atoms with Crippen molar-refractivity contribution < 1.29 is 24.5 Å². The average Bonchev–Trinajstić information content (AvgIpc) is 2.64. The highest BCUT2D eigenvalue weighted by atomic mass is 16.5. The average molecular weight is 368 g/mol. The third-order valence-electron chi connectivity index (χ3n) is 4.20. The predicted molar refractivity (Wildman–Crippen MR) is 107 cm³/mol. The van der Waals surface area contributed by atoms with E-state index in [9.17, 15) is 15.0 Å². The Morgan fingerprint density at radius 3 is 2.33 bits per heavy atom. The van der Waals surface area contributed by atoms with Gasteiger partial charge in [0.25, 0.3) is 0 Å². The van der Waals surface area contributed by atoms with Crippen LogP contribution in [0.1, 0.15) is 40.4 Å². The molecular formula is C22H24O5. The molecule has 0 bridgehead atoms. The molecule has 5 heteroatoms. The van der Waals surface area contributed by atoms with Crippen molar-refractivity contribution in [3.05, 3.63) is 64.7 Å². The van der Waals surface area contributed by atoms with Gasteiger partial charge in [0.1, 0.15) is 22.8 Å². The maximum absolute atomic E-state index is 11.8. The Labute approximate surface area is 159 Å². The highest BCUT2D eigenvalue weighted by Crippen LogP contribution is 2.36. The van der Waals surface area contributed by atoms with Gasteiger partial charge in [-0.05, 0) is 49.1 Å². The minimum atomic E-state index is -1.19. The second kappa shape index (κ2) is 8.94. The standard InChI is InChI=1S/C22H24O5/c1-14(2)5-12-18-19(27-4)13-16(20(21(18)23)22(24)25)9-6-15-7-10-17(26-3)11-8-15/h6-11,13,23H,1,5,12H2,2-4H3,(H,24,25)/b9-6+. The second-order valence-corrected chi connectivity index (χ2v) is 6.24. The predicted octanol–water partition coefficient (Wildman–Crippen LogP) is 4.79. The molecular weight excluding hydrogens is 344 g/mol. The van der Waals surface area contributed by atoms with Gasteiger partial charge in [0.15, 0.2) is 0 Å². The van der Waals surface area contributed by atoms with Crippen molar-refractivity contribution in [3.63, 3.8) is 0 Å². The molecule has 5 nitrogen and oxygen atoms in total. The normalized spacial score (nSPS) is 10.8. The van der Waals surface area contributed by atoms with Gasteiger partial charge in [-0.2, -0.15) is 0 Å². The third kappa shape index (κ3) is 4.91. The van der Waals surface area contributed by atoms with E-state index in [1.54, 1.807) is 25.3 Å². The van der Waals surface area contributed by atoms with Gasteiger partial charge in [0.2, 0.25) is 0 Å². The molecule has 0 heterocycles. The molecule has 2 aromatic carbocycles. The van der Waals surface area contributed by atoms with Crippen molar-refractivity contribution in [2.75, 3.05) is 14.2 Å². The highest BCUT2D eigenvalue weighted by Gasteiger charge is 2.21. The lowest BCUT2D eigenvalue weighted by Crippen LogP contribution is -2.05. The third-order valence-corrected chi connectivity index (χ3v) is 4.20. The van der Waals surface area contributed by atoms with E-state index in [1.807, 2.05) is 31.2 Å². The van der Waals surface area contributed by atoms with E-state index in [1.165, 1.54) is 7.11 Å². The van der Waals surface area contributed by atoms with Crippen molar-refractivity contribution in [1.82, 2.24) is 0 Å². The SMILES string of the molecule is C=C(C)CCc1c(OC)cc(/C=C/c2ccc(OC)cc2)c(C(=O)O)c1O. The number of methoxy groups -OCH3 is 2. The fourth-order valence-corrected chi connectivity index (χ4v) is 2.72. The maximum atomic E-state index is 11.8. The van der Waals surface area contributed by atoms with Crippen LogP contribution in [-0.2, 0) is 6.42 Å². The zero-order valence-corrected chi connectivity index (χ0v) is 15.8. The largest absolute Gasteiger partial charge is 0.507 e. The molecule has 0 aromatic heterocycles. The van der Waals surface area contributed by atoms with Crippen molar-refractivity contribution in [2.24, 2.45) is 0 Å². The van der Waals surface area contributed by atoms with E-state index in [0.29, 0.717) is 29.7 Å². The molecule has 2 rings (SSSR count). The summed E-state index contributed by atoms with van der Waals surface area (Å²) in [5, 5.41) is 20.2. The molecule has 0 aliphatic heterocycles. The van der Waals surface area contributed by atoms with Crippen LogP contribution in [0, 0.1) is 0 Å². The van der Waals surface area contributed by atoms with Crippen molar-refractivity contribution in [3.8, 4) is 17.2 Å². The number of allylic oxidation sites excluding steroid dienone is 1. The number of ether oxygens (including phenoxy) is 2. The Kier molecular flexibility index (Phi) is 6.66. The van der Waals surface area contributed by atoms with Gasteiger partial charge >= 0.3 is 5.97 Å². The molecule has 0 atom stereocenters. The molecule has 0 saturated carbocycles. The van der Waals surface area contributed by atoms with Crippen LogP contribution in [0.2, 0.25) is 0 Å². The molecule has 0 aliphatic carbocycles. The number of carboxylic acid groups (broad SMARTS) is 1. The molecule has 142 valence electrons. The summed E-state index contributed by atoms with van der Waals surface area (Å²) < 4.78 is 10.5. The zero-order chi connectivity index (χ0) is 20.0. The summed E-state index contributed by atoms with van der Waals surface area (Å²) in [7, 11) is 3.09. The first kappa shape index (κ1) is 20.1. The lowest BCUT2D eigenvalue weighted by Gasteiger charge is -2.15. The Morgan fingerprint density at radius 2 is 1.81 bits per heavy atom. The van der Waals surface area contributed by atoms with Gasteiger partial charge in [-0.25, -0.2) is 4.79 Å². The van der Waals surface area contributed by atoms with Crippen molar-refractivity contribution >= 4 is 18.1 Å². The second-order valence-electron chi connectivity index (χ2n) is 6.24. The van der Waals surface area contributed by atoms with Crippen molar-refractivity contribution in [1.29, 1.82) is 0 Å². The lowest BCUT2D eigenvalue weighted by atomic mass is 9.96. The van der Waals surface area contributed by atoms with E-state index >= 15 is 0 Å². The summed E-state index contributed by atoms with van der Waals surface area (Å²) in [6.07, 6.45) is 4.50. The summed E-state index contributed by atoms with van der Waals surface area (Å²) in [6.45, 7) is 5.73. The number of carbonyl (C=O) groups is 1. The van der Waals surface area contributed by atoms with Gasteiger partial charge in [0.05, 0.1) is 14.2 Å². The number of benzene rings is 2. The summed E-state index contributed by atoms with van der Waals surface area (Å²) >= 11 is 0. The summed E-state index contributed by atoms with van der Waals surface area (Å²) in [6, 6.07) is 8.98. The first-order chi connectivity index (χ1) is 12.9. The van der Waals surface area contributed by atoms with Crippen LogP contribution in [0.5, 0.6) is 17.2 Å². The van der Waals surface area contributed by atoms with Gasteiger partial charge < -0.3 is 19.7 Å². The van der Waals surface area contributed by atoms with Crippen LogP contribution >= 0.6 is 0 Å². The van der Waals surface area contributed by atoms with Gasteiger partial charge in [-0.1, -0.05) is 29.9 Å². The molecule has 0 radical (unpaired) electrons. The highest BCUT2D eigenvalue weighted by molar-refractivity contribution is 5.97. The topological polar surface area (TPSA) is 76.0 Å². The maximum Gasteiger partial charge on any atom is 0.340 e. The smallest absolute Gasteiger partial charge is 0.340 e. The van der Waals surface area contributed by atoms with Crippen LogP contribution in [-0.4, -0.2) is 30.4 Å². The van der Waals surface area contributed by atoms with E-state index < -0.39 is 5.97 Å². The van der Waals surface area contributed by atoms with Crippen LogP contribution in [0.4, 0.5) is 0 Å². The number of rotatable bonds is 8. The lowest BCUT2D eigenvalue weighted by molar-refractivity contribution is 0.0693. The number of carboxylic acids is 1. The Hall–Kier alpha value is -3.21. The number of aromatic hydroxyl groups is 1. The number of phenols is 1. The number of hydrogen-bond acceptors (Lipinski definition) is 4. The first-order valence-corrected chi connectivity index (χ1v) is 8.50. The van der Waals surface area contributed by atoms with Crippen molar-refractivity contribution in [2.45, 2.75) is 19.8 Å². The van der Waals surface area contributed by atoms with Crippen LogP contribution in [0.3, 0.4) is 0 Å². The molecule has 0 fully saturated rings. The van der Waals surface area contributed by atoms with Crippen LogP contribution in [0.15, 0.2) is 42.5 Å². The quantitative estimate of drug-likeness (QED) is 0.518. The van der Waals surface area contributed by atoms with Gasteiger partial charge in [0, 0.05) is 5.56 Å². The fourth-order valence-electron chi connectivity index (χ4n) is 2.72. The molecule has 0 unspecified atom stereocenters. The molecule has 0 saturated heterocycles. The van der Waals surface area contributed by atoms with E-state index in [0.717, 1.165) is 16.9 Å². The first-order valence-electron chi connectivity index (χ1n) is 8.50. The Balaban J connectivity index is 2.47. The molecule has 0 amide bonds. The van der Waals surface area contributed by atoms with Gasteiger partial charge in [-0.15, -0.1) is 6.58 Å². The van der Waals surface area contributed by atoms with E-state index in [-0.39, 0.29) is 11.3 Å². The summed E-state index contributed by atoms with van der Waals surface area (Å²) in [5.41, 5.74) is 2.51. The molecule has 27 heavy (non-hydrogen) atoms. The minimum Gasteiger partial charge on any atom is -0.507 e. The van der Waals surface area contributed by atoms with Crippen LogP contribution < -0.4 is 9.47 Å².